The van der Waals surface area contributed by atoms with E-state index in [1.165, 1.54) is 16.2 Å². The zero-order chi connectivity index (χ0) is 28.8. The average molecular weight is 569 g/mol. The van der Waals surface area contributed by atoms with Gasteiger partial charge in [0.05, 0.1) is 28.4 Å². The number of hydrogen-bond donors (Lipinski definition) is 1. The number of carbonyl (C=O) groups is 2. The molecule has 1 amide bonds. The molecule has 0 radical (unpaired) electrons. The summed E-state index contributed by atoms with van der Waals surface area (Å²) in [6.07, 6.45) is 2.72. The molecule has 1 fully saturated rings. The molecule has 0 saturated carbocycles. The van der Waals surface area contributed by atoms with E-state index in [0.717, 1.165) is 45.5 Å². The number of aryl methyl sites for hydroxylation is 2. The van der Waals surface area contributed by atoms with Crippen LogP contribution in [0.2, 0.25) is 0 Å². The maximum atomic E-state index is 13.7. The predicted molar refractivity (Wildman–Crippen MR) is 161 cm³/mol. The minimum atomic E-state index is -0.856. The molecule has 1 saturated heterocycles. The van der Waals surface area contributed by atoms with Crippen LogP contribution < -0.4 is 14.4 Å². The van der Waals surface area contributed by atoms with Gasteiger partial charge < -0.3 is 14.6 Å². The van der Waals surface area contributed by atoms with Crippen LogP contribution in [0.1, 0.15) is 60.5 Å². The molecule has 0 bridgehead atoms. The first-order valence-corrected chi connectivity index (χ1v) is 14.8. The molecule has 0 spiro atoms. The Morgan fingerprint density at radius 3 is 2.66 bits per heavy atom. The van der Waals surface area contributed by atoms with Crippen LogP contribution in [0.3, 0.4) is 0 Å². The number of carbonyl (C=O) groups excluding carboxylic acids is 2. The first kappa shape index (κ1) is 27.0. The maximum absolute atomic E-state index is 13.7. The van der Waals surface area contributed by atoms with Crippen LogP contribution in [0.5, 0.6) is 11.5 Å². The first-order chi connectivity index (χ1) is 19.7. The molecule has 0 aliphatic carbocycles. The fourth-order valence-corrected chi connectivity index (χ4v) is 6.78. The van der Waals surface area contributed by atoms with Crippen LogP contribution in [0.15, 0.2) is 60.2 Å². The van der Waals surface area contributed by atoms with Gasteiger partial charge in [-0.05, 0) is 85.8 Å². The monoisotopic (exact) mass is 568 g/mol. The molecule has 3 heterocycles. The number of aromatic nitrogens is 1. The van der Waals surface area contributed by atoms with Crippen LogP contribution in [0.25, 0.3) is 16.0 Å². The minimum absolute atomic E-state index is 0.0359. The van der Waals surface area contributed by atoms with Crippen LogP contribution in [-0.2, 0) is 16.0 Å². The summed E-state index contributed by atoms with van der Waals surface area (Å²) in [5, 5.41) is 12.0. The molecule has 3 aromatic carbocycles. The van der Waals surface area contributed by atoms with Crippen LogP contribution >= 0.6 is 11.3 Å². The Labute approximate surface area is 243 Å². The smallest absolute Gasteiger partial charge is 0.301 e. The Balaban J connectivity index is 1.48. The standard InChI is InChI=1S/C33H32N2O5S/c1-5-6-13-39-24-10-7-21(8-11-24)29-27(30(36)22-9-12-25-23(17-22)16-20(4)40-25)31(37)32(38)35(29)33-34-28-19(3)14-18(2)15-26(28)41-33/h7-12,14-15,17,20,29,36H,5-6,13,16H2,1-4H3. The summed E-state index contributed by atoms with van der Waals surface area (Å²) in [7, 11) is 0. The quantitative estimate of drug-likeness (QED) is 0.111. The number of aliphatic hydroxyl groups excluding tert-OH is 1. The lowest BCUT2D eigenvalue weighted by Gasteiger charge is -2.23. The van der Waals surface area contributed by atoms with Gasteiger partial charge in [-0.3, -0.25) is 14.5 Å². The topological polar surface area (TPSA) is 89.0 Å². The minimum Gasteiger partial charge on any atom is -0.507 e. The van der Waals surface area contributed by atoms with Crippen molar-refractivity contribution in [1.82, 2.24) is 4.98 Å². The van der Waals surface area contributed by atoms with Gasteiger partial charge in [0.1, 0.15) is 23.4 Å². The number of benzene rings is 3. The summed E-state index contributed by atoms with van der Waals surface area (Å²) in [4.78, 5) is 33.6. The molecule has 1 N–H and O–H groups in total. The van der Waals surface area contributed by atoms with Crippen molar-refractivity contribution < 1.29 is 24.2 Å². The summed E-state index contributed by atoms with van der Waals surface area (Å²) >= 11 is 1.37. The molecule has 6 rings (SSSR count). The Kier molecular flexibility index (Phi) is 7.03. The summed E-state index contributed by atoms with van der Waals surface area (Å²) in [6.45, 7) is 8.71. The van der Waals surface area contributed by atoms with Crippen molar-refractivity contribution in [2.24, 2.45) is 0 Å². The van der Waals surface area contributed by atoms with Gasteiger partial charge in [-0.1, -0.05) is 42.9 Å². The van der Waals surface area contributed by atoms with E-state index in [9.17, 15) is 14.7 Å². The molecule has 8 heteroatoms. The lowest BCUT2D eigenvalue weighted by atomic mass is 9.94. The third kappa shape index (κ3) is 4.86. The van der Waals surface area contributed by atoms with Gasteiger partial charge in [0.15, 0.2) is 5.13 Å². The molecule has 2 atom stereocenters. The molecule has 41 heavy (non-hydrogen) atoms. The molecule has 4 aromatic rings. The van der Waals surface area contributed by atoms with Gasteiger partial charge >= 0.3 is 5.91 Å². The molecule has 2 unspecified atom stereocenters. The fourth-order valence-electron chi connectivity index (χ4n) is 5.61. The van der Waals surface area contributed by atoms with Crippen LogP contribution in [0, 0.1) is 13.8 Å². The zero-order valence-electron chi connectivity index (χ0n) is 23.6. The average Bonchev–Trinajstić information content (AvgIpc) is 3.61. The fraction of sp³-hybridized carbons (Fsp3) is 0.303. The highest BCUT2D eigenvalue weighted by atomic mass is 32.1. The molecule has 2 aliphatic rings. The molecule has 7 nitrogen and oxygen atoms in total. The highest BCUT2D eigenvalue weighted by Crippen LogP contribution is 2.45. The number of hydrogen-bond acceptors (Lipinski definition) is 7. The number of ketones is 1. The molecule has 1 aromatic heterocycles. The van der Waals surface area contributed by atoms with E-state index in [0.29, 0.717) is 35.0 Å². The second kappa shape index (κ2) is 10.7. The Morgan fingerprint density at radius 1 is 1.12 bits per heavy atom. The predicted octanol–water partition coefficient (Wildman–Crippen LogP) is 7.04. The summed E-state index contributed by atoms with van der Waals surface area (Å²) in [5.41, 5.74) is 5.03. The number of rotatable bonds is 7. The second-order valence-corrected chi connectivity index (χ2v) is 11.8. The summed E-state index contributed by atoms with van der Waals surface area (Å²) in [5.74, 6) is -0.197. The number of ether oxygens (including phenoxy) is 2. The summed E-state index contributed by atoms with van der Waals surface area (Å²) < 4.78 is 12.6. The Hall–Kier alpha value is -4.17. The van der Waals surface area contributed by atoms with E-state index in [2.05, 4.69) is 6.92 Å². The third-order valence-corrected chi connectivity index (χ3v) is 8.60. The van der Waals surface area contributed by atoms with Gasteiger partial charge in [-0.25, -0.2) is 4.98 Å². The first-order valence-electron chi connectivity index (χ1n) is 14.0. The van der Waals surface area contributed by atoms with Gasteiger partial charge in [0, 0.05) is 12.0 Å². The van der Waals surface area contributed by atoms with Crippen molar-refractivity contribution in [3.05, 3.63) is 88.0 Å². The highest BCUT2D eigenvalue weighted by Gasteiger charge is 2.48. The number of aliphatic hydroxyl groups is 1. The number of thiazole rings is 1. The largest absolute Gasteiger partial charge is 0.507 e. The second-order valence-electron chi connectivity index (χ2n) is 10.8. The van der Waals surface area contributed by atoms with Crippen molar-refractivity contribution in [2.75, 3.05) is 11.5 Å². The molecular formula is C33H32N2O5S. The molecular weight excluding hydrogens is 536 g/mol. The van der Waals surface area contributed by atoms with Gasteiger partial charge in [-0.2, -0.15) is 0 Å². The Bertz CT molecular complexity index is 1700. The molecule has 2 aliphatic heterocycles. The van der Waals surface area contributed by atoms with Gasteiger partial charge in [0.2, 0.25) is 0 Å². The van der Waals surface area contributed by atoms with E-state index in [-0.39, 0.29) is 17.4 Å². The van der Waals surface area contributed by atoms with E-state index in [1.54, 1.807) is 12.1 Å². The van der Waals surface area contributed by atoms with Crippen molar-refractivity contribution in [2.45, 2.75) is 59.1 Å². The zero-order valence-corrected chi connectivity index (χ0v) is 24.4. The summed E-state index contributed by atoms with van der Waals surface area (Å²) in [6, 6.07) is 16.0. The number of Topliss-reactive ketones (excluding diaryl/α,β-unsaturated/α-hetero) is 1. The van der Waals surface area contributed by atoms with Crippen molar-refractivity contribution in [3.63, 3.8) is 0 Å². The molecule has 210 valence electrons. The number of anilines is 1. The van der Waals surface area contributed by atoms with Crippen molar-refractivity contribution in [1.29, 1.82) is 0 Å². The SMILES string of the molecule is CCCCOc1ccc(C2C(=C(O)c3ccc4c(c3)CC(C)O4)C(=O)C(=O)N2c2nc3c(C)cc(C)cc3s2)cc1. The maximum Gasteiger partial charge on any atom is 0.301 e. The van der Waals surface area contributed by atoms with Crippen molar-refractivity contribution in [3.8, 4) is 11.5 Å². The Morgan fingerprint density at radius 2 is 1.90 bits per heavy atom. The van der Waals surface area contributed by atoms with E-state index in [1.807, 2.05) is 63.2 Å². The van der Waals surface area contributed by atoms with Gasteiger partial charge in [-0.15, -0.1) is 0 Å². The van der Waals surface area contributed by atoms with Crippen molar-refractivity contribution >= 4 is 44.1 Å². The lowest BCUT2D eigenvalue weighted by molar-refractivity contribution is -0.132. The number of nitrogens with zero attached hydrogens (tertiary/aromatic N) is 2. The van der Waals surface area contributed by atoms with Gasteiger partial charge in [0.25, 0.3) is 5.78 Å². The number of unbranched alkanes of at least 4 members (excludes halogenated alkanes) is 1. The number of amides is 1. The van der Waals surface area contributed by atoms with Crippen LogP contribution in [-0.4, -0.2) is 34.5 Å². The third-order valence-electron chi connectivity index (χ3n) is 7.60. The van der Waals surface area contributed by atoms with E-state index >= 15 is 0 Å². The highest BCUT2D eigenvalue weighted by molar-refractivity contribution is 7.22. The van der Waals surface area contributed by atoms with E-state index in [4.69, 9.17) is 14.5 Å². The lowest BCUT2D eigenvalue weighted by Crippen LogP contribution is -2.29. The number of fused-ring (bicyclic) bond motifs is 2. The normalized spacial score (nSPS) is 19.6. The van der Waals surface area contributed by atoms with Crippen LogP contribution in [0.4, 0.5) is 5.13 Å². The van der Waals surface area contributed by atoms with E-state index < -0.39 is 17.7 Å².